The lowest BCUT2D eigenvalue weighted by Gasteiger charge is -2.06. The van der Waals surface area contributed by atoms with E-state index in [1.165, 1.54) is 0 Å². The minimum Gasteiger partial charge on any atom is -0.293 e. The van der Waals surface area contributed by atoms with Crippen molar-refractivity contribution in [2.24, 2.45) is 5.92 Å². The van der Waals surface area contributed by atoms with Gasteiger partial charge in [0, 0.05) is 5.56 Å². The first-order valence-electron chi connectivity index (χ1n) is 5.37. The summed E-state index contributed by atoms with van der Waals surface area (Å²) in [6.07, 6.45) is 11.2. The first kappa shape index (κ1) is 11.1. The highest BCUT2D eigenvalue weighted by atomic mass is 16.1. The van der Waals surface area contributed by atoms with E-state index in [1.54, 1.807) is 24.3 Å². The third-order valence-corrected chi connectivity index (χ3v) is 2.57. The van der Waals surface area contributed by atoms with Crippen molar-refractivity contribution in [1.29, 1.82) is 5.26 Å². The average molecular weight is 221 g/mol. The highest BCUT2D eigenvalue weighted by Gasteiger charge is 2.14. The molecule has 0 saturated carbocycles. The van der Waals surface area contributed by atoms with Gasteiger partial charge in [0.2, 0.25) is 0 Å². The van der Waals surface area contributed by atoms with Gasteiger partial charge in [-0.2, -0.15) is 5.26 Å². The second-order valence-corrected chi connectivity index (χ2v) is 3.73. The number of nitrogens with zero attached hydrogens (tertiary/aromatic N) is 1. The molecule has 82 valence electrons. The maximum absolute atomic E-state index is 12.1. The summed E-state index contributed by atoms with van der Waals surface area (Å²) >= 11 is 0. The third kappa shape index (κ3) is 2.59. The van der Waals surface area contributed by atoms with E-state index in [0.29, 0.717) is 11.1 Å². The van der Waals surface area contributed by atoms with E-state index in [4.69, 9.17) is 5.26 Å². The molecule has 0 bridgehead atoms. The van der Waals surface area contributed by atoms with Gasteiger partial charge < -0.3 is 0 Å². The molecule has 0 heterocycles. The lowest BCUT2D eigenvalue weighted by Crippen LogP contribution is -2.09. The molecule has 0 N–H and O–H groups in total. The van der Waals surface area contributed by atoms with Crippen LogP contribution in [0.3, 0.4) is 0 Å². The number of rotatable bonds is 2. The minimum atomic E-state index is -0.224. The van der Waals surface area contributed by atoms with Crippen molar-refractivity contribution in [3.63, 3.8) is 0 Å². The molecule has 1 aromatic rings. The maximum Gasteiger partial charge on any atom is 0.173 e. The Bertz CT molecular complexity index is 525. The van der Waals surface area contributed by atoms with E-state index in [2.05, 4.69) is 0 Å². The van der Waals surface area contributed by atoms with Crippen molar-refractivity contribution in [3.8, 4) is 6.07 Å². The maximum atomic E-state index is 12.1. The van der Waals surface area contributed by atoms with Crippen LogP contribution in [0.15, 0.2) is 60.7 Å². The van der Waals surface area contributed by atoms with Crippen molar-refractivity contribution in [1.82, 2.24) is 0 Å². The molecule has 1 aliphatic rings. The molecule has 0 fully saturated rings. The van der Waals surface area contributed by atoms with Crippen LogP contribution in [0.1, 0.15) is 15.9 Å². The van der Waals surface area contributed by atoms with Crippen LogP contribution < -0.4 is 0 Å². The van der Waals surface area contributed by atoms with E-state index in [1.807, 2.05) is 42.5 Å². The number of carbonyl (C=O) groups excluding carboxylic acids is 1. The molecule has 0 aromatic heterocycles. The Morgan fingerprint density at radius 2 is 1.59 bits per heavy atom. The number of Topliss-reactive ketones (excluding diaryl/α,β-unsaturated/α-hetero) is 1. The second-order valence-electron chi connectivity index (χ2n) is 3.73. The van der Waals surface area contributed by atoms with Gasteiger partial charge in [0.05, 0.1) is 17.6 Å². The molecule has 0 amide bonds. The lowest BCUT2D eigenvalue weighted by molar-refractivity contribution is 0.0965. The number of nitriles is 1. The summed E-state index contributed by atoms with van der Waals surface area (Å²) in [5.41, 5.74) is 1.19. The molecule has 0 spiro atoms. The summed E-state index contributed by atoms with van der Waals surface area (Å²) in [4.78, 5) is 12.1. The Kier molecular flexibility index (Phi) is 3.32. The predicted molar refractivity (Wildman–Crippen MR) is 66.4 cm³/mol. The molecule has 0 radical (unpaired) electrons. The number of carbonyl (C=O) groups is 1. The van der Waals surface area contributed by atoms with Crippen molar-refractivity contribution < 1.29 is 4.79 Å². The van der Waals surface area contributed by atoms with Gasteiger partial charge >= 0.3 is 0 Å². The number of benzene rings is 1. The van der Waals surface area contributed by atoms with Crippen LogP contribution in [-0.2, 0) is 0 Å². The normalized spacial score (nSPS) is 14.3. The second kappa shape index (κ2) is 5.09. The van der Waals surface area contributed by atoms with Crippen molar-refractivity contribution >= 4 is 5.78 Å². The number of allylic oxidation sites excluding steroid dienone is 6. The molecule has 0 saturated heterocycles. The Morgan fingerprint density at radius 1 is 1.00 bits per heavy atom. The topological polar surface area (TPSA) is 40.9 Å². The molecule has 0 aliphatic heterocycles. The van der Waals surface area contributed by atoms with Crippen LogP contribution in [0.4, 0.5) is 0 Å². The molecule has 0 atom stereocenters. The highest BCUT2D eigenvalue weighted by molar-refractivity contribution is 6.00. The van der Waals surface area contributed by atoms with E-state index < -0.39 is 0 Å². The Labute approximate surface area is 100 Å². The first-order chi connectivity index (χ1) is 8.31. The van der Waals surface area contributed by atoms with Gasteiger partial charge in [-0.1, -0.05) is 48.6 Å². The van der Waals surface area contributed by atoms with Crippen LogP contribution in [0, 0.1) is 17.2 Å². The van der Waals surface area contributed by atoms with E-state index >= 15 is 0 Å². The Balaban J connectivity index is 2.22. The number of hydrogen-bond donors (Lipinski definition) is 0. The summed E-state index contributed by atoms with van der Waals surface area (Å²) in [5, 5.41) is 8.69. The summed E-state index contributed by atoms with van der Waals surface area (Å²) in [6, 6.07) is 8.75. The Morgan fingerprint density at radius 3 is 2.12 bits per heavy atom. The summed E-state index contributed by atoms with van der Waals surface area (Å²) < 4.78 is 0. The molecule has 1 aromatic carbocycles. The van der Waals surface area contributed by atoms with Crippen LogP contribution in [0.5, 0.6) is 0 Å². The van der Waals surface area contributed by atoms with Gasteiger partial charge in [0.25, 0.3) is 0 Å². The van der Waals surface area contributed by atoms with Gasteiger partial charge in [-0.3, -0.25) is 4.79 Å². The SMILES string of the molecule is N#Cc1ccc(C(=O)C2C=CC=CC=C2)cc1. The van der Waals surface area contributed by atoms with E-state index in [0.717, 1.165) is 0 Å². The zero-order valence-electron chi connectivity index (χ0n) is 9.21. The average Bonchev–Trinajstić information content (AvgIpc) is 2.67. The van der Waals surface area contributed by atoms with Gasteiger partial charge in [0.1, 0.15) is 0 Å². The minimum absolute atomic E-state index is 0.0469. The molecule has 0 unspecified atom stereocenters. The fraction of sp³-hybridized carbons (Fsp3) is 0.0667. The molecule has 2 rings (SSSR count). The van der Waals surface area contributed by atoms with Crippen molar-refractivity contribution in [2.45, 2.75) is 0 Å². The van der Waals surface area contributed by atoms with Crippen LogP contribution in [-0.4, -0.2) is 5.78 Å². The quantitative estimate of drug-likeness (QED) is 0.720. The summed E-state index contributed by atoms with van der Waals surface area (Å²) in [7, 11) is 0. The first-order valence-corrected chi connectivity index (χ1v) is 5.37. The molecule has 2 nitrogen and oxygen atoms in total. The molecular formula is C15H11NO. The van der Waals surface area contributed by atoms with Gasteiger partial charge in [-0.05, 0) is 12.1 Å². The molecule has 17 heavy (non-hydrogen) atoms. The lowest BCUT2D eigenvalue weighted by atomic mass is 9.96. The monoisotopic (exact) mass is 221 g/mol. The van der Waals surface area contributed by atoms with E-state index in [-0.39, 0.29) is 11.7 Å². The fourth-order valence-corrected chi connectivity index (χ4v) is 1.64. The van der Waals surface area contributed by atoms with Gasteiger partial charge in [0.15, 0.2) is 5.78 Å². The highest BCUT2D eigenvalue weighted by Crippen LogP contribution is 2.14. The van der Waals surface area contributed by atoms with Crippen molar-refractivity contribution in [2.75, 3.05) is 0 Å². The summed E-state index contributed by atoms with van der Waals surface area (Å²) in [6.45, 7) is 0. The smallest absolute Gasteiger partial charge is 0.173 e. The van der Waals surface area contributed by atoms with Crippen LogP contribution in [0.25, 0.3) is 0 Å². The largest absolute Gasteiger partial charge is 0.293 e. The number of ketones is 1. The zero-order valence-corrected chi connectivity index (χ0v) is 9.21. The molecule has 1 aliphatic carbocycles. The van der Waals surface area contributed by atoms with Gasteiger partial charge in [-0.25, -0.2) is 0 Å². The molecular weight excluding hydrogens is 210 g/mol. The van der Waals surface area contributed by atoms with Crippen molar-refractivity contribution in [3.05, 3.63) is 71.8 Å². The van der Waals surface area contributed by atoms with Crippen LogP contribution in [0.2, 0.25) is 0 Å². The zero-order chi connectivity index (χ0) is 12.1. The number of hydrogen-bond acceptors (Lipinski definition) is 2. The predicted octanol–water partition coefficient (Wildman–Crippen LogP) is 3.04. The van der Waals surface area contributed by atoms with E-state index in [9.17, 15) is 4.79 Å². The van der Waals surface area contributed by atoms with Gasteiger partial charge in [-0.15, -0.1) is 0 Å². The standard InChI is InChI=1S/C15H11NO/c16-11-12-7-9-14(10-8-12)15(17)13-5-3-1-2-4-6-13/h1-10,13H. The van der Waals surface area contributed by atoms with Crippen LogP contribution >= 0.6 is 0 Å². The fourth-order valence-electron chi connectivity index (χ4n) is 1.64. The Hall–Kier alpha value is -2.40. The third-order valence-electron chi connectivity index (χ3n) is 2.57. The summed E-state index contributed by atoms with van der Waals surface area (Å²) in [5.74, 6) is -0.177. The molecule has 2 heteroatoms.